The highest BCUT2D eigenvalue weighted by molar-refractivity contribution is 6.14. The number of nitrogens with two attached hydrogens (primary N) is 1. The monoisotopic (exact) mass is 498 g/mol. The van der Waals surface area contributed by atoms with E-state index in [2.05, 4.69) is 4.98 Å². The number of hydrogen-bond donors (Lipinski definition) is 1. The van der Waals surface area contributed by atoms with Crippen molar-refractivity contribution in [3.63, 3.8) is 0 Å². The molecule has 2 amide bonds. The number of imide groups is 1. The van der Waals surface area contributed by atoms with E-state index in [-0.39, 0.29) is 5.95 Å². The van der Waals surface area contributed by atoms with E-state index >= 15 is 0 Å². The summed E-state index contributed by atoms with van der Waals surface area (Å²) in [6.07, 6.45) is -2.95. The second kappa shape index (κ2) is 9.00. The van der Waals surface area contributed by atoms with Gasteiger partial charge in [0.05, 0.1) is 11.0 Å². The van der Waals surface area contributed by atoms with E-state index in [0.717, 1.165) is 9.95 Å². The maximum absolute atomic E-state index is 13.5. The van der Waals surface area contributed by atoms with Crippen molar-refractivity contribution in [1.29, 1.82) is 0 Å². The van der Waals surface area contributed by atoms with Gasteiger partial charge in [0.1, 0.15) is 16.8 Å². The summed E-state index contributed by atoms with van der Waals surface area (Å²) < 4.78 is 17.7. The molecule has 1 aromatic heterocycles. The molecular formula is C26H34N4O6. The van der Waals surface area contributed by atoms with Crippen LogP contribution in [-0.4, -0.2) is 44.6 Å². The summed E-state index contributed by atoms with van der Waals surface area (Å²) in [4.78, 5) is 45.3. The maximum Gasteiger partial charge on any atom is 0.427 e. The van der Waals surface area contributed by atoms with E-state index in [1.165, 1.54) is 0 Å². The average Bonchev–Trinajstić information content (AvgIpc) is 3.03. The lowest BCUT2D eigenvalue weighted by Gasteiger charge is -2.28. The second-order valence-corrected chi connectivity index (χ2v) is 11.4. The quantitative estimate of drug-likeness (QED) is 0.309. The van der Waals surface area contributed by atoms with Gasteiger partial charge in [0.15, 0.2) is 0 Å². The van der Waals surface area contributed by atoms with Gasteiger partial charge in [-0.15, -0.1) is 4.90 Å². The van der Waals surface area contributed by atoms with Gasteiger partial charge in [-0.1, -0.05) is 12.1 Å². The van der Waals surface area contributed by atoms with Crippen molar-refractivity contribution in [2.75, 3.05) is 10.6 Å². The molecule has 0 unspecified atom stereocenters. The number of carbonyl (C=O) groups is 3. The van der Waals surface area contributed by atoms with Crippen LogP contribution >= 0.6 is 0 Å². The normalized spacial score (nSPS) is 12.5. The van der Waals surface area contributed by atoms with Crippen LogP contribution in [0.2, 0.25) is 0 Å². The molecule has 3 rings (SSSR count). The fourth-order valence-electron chi connectivity index (χ4n) is 3.38. The summed E-state index contributed by atoms with van der Waals surface area (Å²) in [7, 11) is 0. The molecule has 0 bridgehead atoms. The van der Waals surface area contributed by atoms with Crippen LogP contribution in [0.25, 0.3) is 21.8 Å². The zero-order valence-electron chi connectivity index (χ0n) is 22.3. The zero-order chi connectivity index (χ0) is 27.2. The first-order chi connectivity index (χ1) is 16.4. The fraction of sp³-hybridized carbons (Fsp3) is 0.462. The van der Waals surface area contributed by atoms with E-state index in [1.54, 1.807) is 92.6 Å². The molecule has 0 radical (unpaired) electrons. The molecule has 2 N–H and O–H groups in total. The largest absolute Gasteiger partial charge is 0.443 e. The molecule has 0 aliphatic carbocycles. The van der Waals surface area contributed by atoms with E-state index in [1.807, 2.05) is 0 Å². The van der Waals surface area contributed by atoms with Crippen molar-refractivity contribution in [2.45, 2.75) is 79.1 Å². The first-order valence-corrected chi connectivity index (χ1v) is 11.6. The molecule has 3 aromatic rings. The number of imidazole rings is 1. The van der Waals surface area contributed by atoms with Crippen molar-refractivity contribution in [3.05, 3.63) is 30.3 Å². The lowest BCUT2D eigenvalue weighted by atomic mass is 10.1. The Kier molecular flexibility index (Phi) is 6.69. The third-order valence-corrected chi connectivity index (χ3v) is 4.57. The Morgan fingerprint density at radius 2 is 1.31 bits per heavy atom. The Balaban J connectivity index is 2.38. The smallest absolute Gasteiger partial charge is 0.427 e. The molecule has 0 saturated carbocycles. The third kappa shape index (κ3) is 6.05. The van der Waals surface area contributed by atoms with E-state index < -0.39 is 35.1 Å². The minimum Gasteiger partial charge on any atom is -0.443 e. The van der Waals surface area contributed by atoms with E-state index in [0.29, 0.717) is 27.0 Å². The van der Waals surface area contributed by atoms with Gasteiger partial charge in [0.2, 0.25) is 5.95 Å². The van der Waals surface area contributed by atoms with Crippen LogP contribution in [0.4, 0.5) is 26.0 Å². The molecule has 36 heavy (non-hydrogen) atoms. The van der Waals surface area contributed by atoms with Gasteiger partial charge in [-0.3, -0.25) is 0 Å². The summed E-state index contributed by atoms with van der Waals surface area (Å²) in [5.41, 5.74) is 4.40. The lowest BCUT2D eigenvalue weighted by Crippen LogP contribution is -2.45. The van der Waals surface area contributed by atoms with Crippen molar-refractivity contribution < 1.29 is 28.6 Å². The Hall–Kier alpha value is -3.82. The summed E-state index contributed by atoms with van der Waals surface area (Å²) >= 11 is 0. The maximum atomic E-state index is 13.5. The van der Waals surface area contributed by atoms with Crippen molar-refractivity contribution >= 4 is 51.7 Å². The number of rotatable bonds is 1. The summed E-state index contributed by atoms with van der Waals surface area (Å²) in [5.74, 6) is -0.322. The molecule has 1 heterocycles. The van der Waals surface area contributed by atoms with Gasteiger partial charge in [0, 0.05) is 11.1 Å². The summed E-state index contributed by atoms with van der Waals surface area (Å²) in [6, 6.07) is 8.71. The molecule has 10 heteroatoms. The predicted molar refractivity (Wildman–Crippen MR) is 138 cm³/mol. The van der Waals surface area contributed by atoms with Gasteiger partial charge in [-0.05, 0) is 85.9 Å². The number of nitrogen functional groups attached to an aromatic ring is 1. The highest BCUT2D eigenvalue weighted by Gasteiger charge is 2.38. The van der Waals surface area contributed by atoms with Crippen LogP contribution in [0, 0.1) is 0 Å². The van der Waals surface area contributed by atoms with E-state index in [9.17, 15) is 14.4 Å². The van der Waals surface area contributed by atoms with Crippen LogP contribution in [0.5, 0.6) is 0 Å². The van der Waals surface area contributed by atoms with Gasteiger partial charge < -0.3 is 19.9 Å². The SMILES string of the molecule is CC(C)(C)OC(=O)N(C(=O)OC(C)(C)C)c1nc2ccc3ccc(N)cc3c2n1C(=O)OC(C)(C)C. The van der Waals surface area contributed by atoms with Crippen LogP contribution in [0.3, 0.4) is 0 Å². The Labute approximate surface area is 210 Å². The standard InChI is InChI=1S/C26H34N4O6/c1-24(2,3)34-21(31)29-19-17-14-16(27)12-10-15(17)11-13-18(19)28-20(29)30(22(32)35-25(4,5)6)23(33)36-26(7,8)9/h10-14H,27H2,1-9H3. The van der Waals surface area contributed by atoms with Crippen LogP contribution in [0.15, 0.2) is 30.3 Å². The number of hydrogen-bond acceptors (Lipinski definition) is 8. The minimum absolute atomic E-state index is 0.321. The molecule has 0 atom stereocenters. The van der Waals surface area contributed by atoms with Gasteiger partial charge in [0.25, 0.3) is 0 Å². The minimum atomic E-state index is -1.05. The first kappa shape index (κ1) is 26.8. The topological polar surface area (TPSA) is 126 Å². The Bertz CT molecular complexity index is 1310. The predicted octanol–water partition coefficient (Wildman–Crippen LogP) is 6.23. The molecule has 10 nitrogen and oxygen atoms in total. The molecule has 2 aromatic carbocycles. The summed E-state index contributed by atoms with van der Waals surface area (Å²) in [5, 5.41) is 1.36. The van der Waals surface area contributed by atoms with Crippen LogP contribution < -0.4 is 10.6 Å². The van der Waals surface area contributed by atoms with E-state index in [4.69, 9.17) is 19.9 Å². The fourth-order valence-corrected chi connectivity index (χ4v) is 3.38. The van der Waals surface area contributed by atoms with Crippen LogP contribution in [0.1, 0.15) is 62.3 Å². The average molecular weight is 499 g/mol. The number of amides is 2. The number of anilines is 2. The highest BCUT2D eigenvalue weighted by atomic mass is 16.6. The van der Waals surface area contributed by atoms with Gasteiger partial charge >= 0.3 is 18.3 Å². The molecule has 194 valence electrons. The third-order valence-electron chi connectivity index (χ3n) is 4.57. The molecule has 0 spiro atoms. The van der Waals surface area contributed by atoms with Gasteiger partial charge in [-0.2, -0.15) is 0 Å². The zero-order valence-corrected chi connectivity index (χ0v) is 22.3. The number of carbonyl (C=O) groups excluding carboxylic acids is 3. The van der Waals surface area contributed by atoms with Gasteiger partial charge in [-0.25, -0.2) is 23.9 Å². The Morgan fingerprint density at radius 1 is 0.806 bits per heavy atom. The molecule has 0 aliphatic rings. The van der Waals surface area contributed by atoms with Crippen molar-refractivity contribution in [1.82, 2.24) is 9.55 Å². The van der Waals surface area contributed by atoms with Crippen molar-refractivity contribution in [2.24, 2.45) is 0 Å². The second-order valence-electron chi connectivity index (χ2n) is 11.4. The molecular weight excluding hydrogens is 464 g/mol. The summed E-state index contributed by atoms with van der Waals surface area (Å²) in [6.45, 7) is 15.1. The Morgan fingerprint density at radius 3 is 1.81 bits per heavy atom. The van der Waals surface area contributed by atoms with Crippen molar-refractivity contribution in [3.8, 4) is 0 Å². The number of ether oxygens (including phenoxy) is 3. The number of aromatic nitrogens is 2. The highest BCUT2D eigenvalue weighted by Crippen LogP contribution is 2.33. The molecule has 0 saturated heterocycles. The molecule has 0 fully saturated rings. The molecule has 0 aliphatic heterocycles. The lowest BCUT2D eigenvalue weighted by molar-refractivity contribution is 0.0424. The number of fused-ring (bicyclic) bond motifs is 3. The van der Waals surface area contributed by atoms with Crippen LogP contribution in [-0.2, 0) is 14.2 Å². The number of benzene rings is 2. The first-order valence-electron chi connectivity index (χ1n) is 11.6. The number of nitrogens with zero attached hydrogens (tertiary/aromatic N) is 3.